The molecule has 2 heterocycles. The molecule has 2 aliphatic heterocycles. The van der Waals surface area contributed by atoms with Crippen molar-refractivity contribution in [2.24, 2.45) is 5.92 Å². The second-order valence-electron chi connectivity index (χ2n) is 5.82. The maximum absolute atomic E-state index is 5.65. The fraction of sp³-hybridized carbons (Fsp3) is 0.562. The number of thioether (sulfide) groups is 1. The van der Waals surface area contributed by atoms with Crippen LogP contribution in [0.25, 0.3) is 0 Å². The van der Waals surface area contributed by atoms with Gasteiger partial charge in [-0.25, -0.2) is 6.61 Å². The Morgan fingerprint density at radius 1 is 1.14 bits per heavy atom. The van der Waals surface area contributed by atoms with Gasteiger partial charge in [-0.2, -0.15) is 0 Å². The molecular formula is C16H23CsN2OS. The Balaban J connectivity index is 0.00000161. The number of benzene rings is 1. The van der Waals surface area contributed by atoms with E-state index in [0.29, 0.717) is 11.4 Å². The van der Waals surface area contributed by atoms with Crippen LogP contribution in [0.2, 0.25) is 0 Å². The van der Waals surface area contributed by atoms with Crippen molar-refractivity contribution < 1.29 is 73.6 Å². The molecule has 3 rings (SSSR count). The number of hydrogen-bond donors (Lipinski definition) is 0. The van der Waals surface area contributed by atoms with E-state index in [-0.39, 0.29) is 68.9 Å². The second-order valence-corrected chi connectivity index (χ2v) is 7.05. The topological polar surface area (TPSA) is 15.7 Å². The molecule has 21 heavy (non-hydrogen) atoms. The fourth-order valence-electron chi connectivity index (χ4n) is 2.66. The summed E-state index contributed by atoms with van der Waals surface area (Å²) in [7, 11) is 2.19. The average Bonchev–Trinajstić information content (AvgIpc) is 2.86. The standard InChI is InChI=1S/C16H23N2OS.Cs/c1-13-11-16(19-12-13)20-15-5-3-14(4-6-15)18-9-7-17(2)8-10-18;/h3-6,12-13,16H,7-11H2,1-2H3;/q-1;+1/t13-,16?;/m1./s1. The van der Waals surface area contributed by atoms with Gasteiger partial charge in [0.15, 0.2) is 0 Å². The van der Waals surface area contributed by atoms with Gasteiger partial charge in [0.2, 0.25) is 0 Å². The number of nitrogens with zero attached hydrogens (tertiary/aromatic N) is 2. The van der Waals surface area contributed by atoms with Gasteiger partial charge in [0.1, 0.15) is 0 Å². The summed E-state index contributed by atoms with van der Waals surface area (Å²) in [5.41, 5.74) is 1.63. The van der Waals surface area contributed by atoms with Crippen LogP contribution in [0.1, 0.15) is 13.3 Å². The number of anilines is 1. The molecule has 1 unspecified atom stereocenters. The molecule has 0 N–H and O–H groups in total. The zero-order valence-corrected chi connectivity index (χ0v) is 20.4. The van der Waals surface area contributed by atoms with Crippen LogP contribution in [-0.2, 0) is 4.74 Å². The molecule has 0 bridgehead atoms. The number of ether oxygens (including phenoxy) is 1. The summed E-state index contributed by atoms with van der Waals surface area (Å²) in [6, 6.07) is 8.95. The van der Waals surface area contributed by atoms with Crippen LogP contribution < -0.4 is 73.8 Å². The third-order valence-electron chi connectivity index (χ3n) is 4.00. The Bertz CT molecular complexity index is 434. The van der Waals surface area contributed by atoms with Crippen molar-refractivity contribution in [3.05, 3.63) is 30.9 Å². The molecule has 110 valence electrons. The summed E-state index contributed by atoms with van der Waals surface area (Å²) >= 11 is 1.83. The van der Waals surface area contributed by atoms with Crippen LogP contribution in [0.3, 0.4) is 0 Å². The van der Waals surface area contributed by atoms with E-state index in [1.807, 2.05) is 18.4 Å². The maximum Gasteiger partial charge on any atom is 1.00 e. The molecule has 1 aromatic carbocycles. The molecule has 2 atom stereocenters. The molecular weight excluding hydrogens is 401 g/mol. The van der Waals surface area contributed by atoms with Gasteiger partial charge in [-0.05, 0) is 37.7 Å². The average molecular weight is 424 g/mol. The normalized spacial score (nSPS) is 26.7. The van der Waals surface area contributed by atoms with Crippen molar-refractivity contribution in [1.29, 1.82) is 0 Å². The van der Waals surface area contributed by atoms with E-state index in [4.69, 9.17) is 4.74 Å². The summed E-state index contributed by atoms with van der Waals surface area (Å²) in [6.45, 7) is 8.73. The van der Waals surface area contributed by atoms with Gasteiger partial charge in [0.25, 0.3) is 0 Å². The Hall–Kier alpha value is 1.34. The molecule has 0 aromatic heterocycles. The summed E-state index contributed by atoms with van der Waals surface area (Å²) < 4.78 is 5.65. The van der Waals surface area contributed by atoms with Gasteiger partial charge in [0.05, 0.1) is 5.44 Å². The first kappa shape index (κ1) is 18.7. The first-order valence-corrected chi connectivity index (χ1v) is 8.28. The quantitative estimate of drug-likeness (QED) is 0.639. The maximum atomic E-state index is 5.65. The summed E-state index contributed by atoms with van der Waals surface area (Å²) in [4.78, 5) is 6.15. The van der Waals surface area contributed by atoms with Crippen molar-refractivity contribution in [2.75, 3.05) is 38.1 Å². The minimum absolute atomic E-state index is 0. The van der Waals surface area contributed by atoms with Crippen LogP contribution in [0.15, 0.2) is 29.2 Å². The van der Waals surface area contributed by atoms with Crippen LogP contribution in [-0.4, -0.2) is 43.6 Å². The van der Waals surface area contributed by atoms with Crippen molar-refractivity contribution in [1.82, 2.24) is 4.90 Å². The van der Waals surface area contributed by atoms with Gasteiger partial charge in [-0.1, -0.05) is 18.7 Å². The zero-order chi connectivity index (χ0) is 13.9. The molecule has 2 saturated heterocycles. The van der Waals surface area contributed by atoms with E-state index in [0.717, 1.165) is 32.6 Å². The number of hydrogen-bond acceptors (Lipinski definition) is 4. The molecule has 2 aliphatic rings. The van der Waals surface area contributed by atoms with Crippen molar-refractivity contribution in [3.8, 4) is 0 Å². The molecule has 5 heteroatoms. The number of piperazine rings is 1. The monoisotopic (exact) mass is 424 g/mol. The van der Waals surface area contributed by atoms with Gasteiger partial charge < -0.3 is 14.5 Å². The van der Waals surface area contributed by atoms with Crippen molar-refractivity contribution in [2.45, 2.75) is 23.7 Å². The molecule has 1 aromatic rings. The number of likely N-dealkylation sites (N-methyl/N-ethyl adjacent to an activating group) is 1. The van der Waals surface area contributed by atoms with Crippen LogP contribution in [0.5, 0.6) is 0 Å². The SMILES string of the molecule is C[C@H]1[CH-]OC(Sc2ccc(N3CCN(C)CC3)cc2)C1.[Cs+]. The molecule has 0 saturated carbocycles. The summed E-state index contributed by atoms with van der Waals surface area (Å²) in [5.74, 6) is 0.581. The zero-order valence-electron chi connectivity index (χ0n) is 13.3. The molecule has 0 spiro atoms. The van der Waals surface area contributed by atoms with E-state index in [1.54, 1.807) is 0 Å². The van der Waals surface area contributed by atoms with Gasteiger partial charge >= 0.3 is 68.9 Å². The Kier molecular flexibility index (Phi) is 8.00. The first-order valence-electron chi connectivity index (χ1n) is 7.40. The van der Waals surface area contributed by atoms with E-state index >= 15 is 0 Å². The molecule has 0 amide bonds. The third-order valence-corrected chi connectivity index (χ3v) is 5.11. The first-order chi connectivity index (χ1) is 9.70. The Morgan fingerprint density at radius 2 is 1.81 bits per heavy atom. The molecule has 0 radical (unpaired) electrons. The Labute approximate surface area is 191 Å². The number of rotatable bonds is 3. The van der Waals surface area contributed by atoms with Crippen molar-refractivity contribution in [3.63, 3.8) is 0 Å². The van der Waals surface area contributed by atoms with Gasteiger partial charge in [0, 0.05) is 36.8 Å². The minimum atomic E-state index is 0. The summed E-state index contributed by atoms with van der Waals surface area (Å²) in [5, 5.41) is 0. The van der Waals surface area contributed by atoms with E-state index in [2.05, 4.69) is 48.0 Å². The predicted molar refractivity (Wildman–Crippen MR) is 85.0 cm³/mol. The van der Waals surface area contributed by atoms with Crippen LogP contribution in [0.4, 0.5) is 5.69 Å². The van der Waals surface area contributed by atoms with E-state index in [1.165, 1.54) is 10.6 Å². The van der Waals surface area contributed by atoms with Crippen LogP contribution >= 0.6 is 11.8 Å². The molecule has 3 nitrogen and oxygen atoms in total. The second kappa shape index (κ2) is 8.99. The smallest absolute Gasteiger partial charge is 0.542 e. The third kappa shape index (κ3) is 5.43. The summed E-state index contributed by atoms with van der Waals surface area (Å²) in [6.07, 6.45) is 1.12. The van der Waals surface area contributed by atoms with Gasteiger partial charge in [-0.15, -0.1) is 5.92 Å². The largest absolute Gasteiger partial charge is 1.00 e. The van der Waals surface area contributed by atoms with Gasteiger partial charge in [-0.3, -0.25) is 0 Å². The fourth-order valence-corrected chi connectivity index (χ4v) is 3.78. The van der Waals surface area contributed by atoms with Crippen molar-refractivity contribution >= 4 is 17.4 Å². The van der Waals surface area contributed by atoms with E-state index in [9.17, 15) is 0 Å². The van der Waals surface area contributed by atoms with E-state index < -0.39 is 0 Å². The molecule has 2 fully saturated rings. The minimum Gasteiger partial charge on any atom is -0.542 e. The predicted octanol–water partition coefficient (Wildman–Crippen LogP) is 0.0788. The van der Waals surface area contributed by atoms with Crippen LogP contribution in [0, 0.1) is 12.5 Å². The molecule has 0 aliphatic carbocycles. The Morgan fingerprint density at radius 3 is 2.38 bits per heavy atom.